The van der Waals surface area contributed by atoms with Gasteiger partial charge in [-0.25, -0.2) is 0 Å². The molecule has 5 nitrogen and oxygen atoms in total. The highest BCUT2D eigenvalue weighted by Crippen LogP contribution is 2.21. The van der Waals surface area contributed by atoms with E-state index in [1.807, 2.05) is 48.5 Å². The molecule has 2 unspecified atom stereocenters. The molecule has 2 aromatic carbocycles. The van der Waals surface area contributed by atoms with Crippen LogP contribution in [0, 0.1) is 0 Å². The second kappa shape index (κ2) is 13.8. The maximum absolute atomic E-state index is 9.07. The second-order valence-corrected chi connectivity index (χ2v) is 6.80. The van der Waals surface area contributed by atoms with Gasteiger partial charge in [0, 0.05) is 17.6 Å². The minimum absolute atomic E-state index is 0. The van der Waals surface area contributed by atoms with Gasteiger partial charge in [-0.15, -0.1) is 12.4 Å². The molecule has 0 saturated carbocycles. The molecule has 0 amide bonds. The van der Waals surface area contributed by atoms with Gasteiger partial charge >= 0.3 is 0 Å². The van der Waals surface area contributed by atoms with Crippen molar-refractivity contribution in [3.8, 4) is 5.75 Å². The van der Waals surface area contributed by atoms with E-state index in [9.17, 15) is 0 Å². The van der Waals surface area contributed by atoms with Crippen LogP contribution < -0.4 is 10.1 Å². The number of ether oxygens (including phenoxy) is 2. The number of halogens is 2. The van der Waals surface area contributed by atoms with Gasteiger partial charge in [-0.1, -0.05) is 35.9 Å². The van der Waals surface area contributed by atoms with Crippen LogP contribution in [0.2, 0.25) is 5.02 Å². The van der Waals surface area contributed by atoms with Crippen LogP contribution in [-0.2, 0) is 11.2 Å². The molecule has 0 aliphatic rings. The van der Waals surface area contributed by atoms with E-state index in [4.69, 9.17) is 31.3 Å². The Morgan fingerprint density at radius 3 is 2.39 bits per heavy atom. The zero-order valence-corrected chi connectivity index (χ0v) is 17.6. The molecule has 2 rings (SSSR count). The minimum atomic E-state index is -0.174. The Labute approximate surface area is 178 Å². The summed E-state index contributed by atoms with van der Waals surface area (Å²) in [5.41, 5.74) is 2.18. The summed E-state index contributed by atoms with van der Waals surface area (Å²) >= 11 is 6.09. The van der Waals surface area contributed by atoms with Crippen molar-refractivity contribution < 1.29 is 19.7 Å². The lowest BCUT2D eigenvalue weighted by atomic mass is 10.1. The van der Waals surface area contributed by atoms with Gasteiger partial charge in [0.15, 0.2) is 0 Å². The van der Waals surface area contributed by atoms with Crippen molar-refractivity contribution in [2.24, 2.45) is 0 Å². The first-order chi connectivity index (χ1) is 13.1. The topological polar surface area (TPSA) is 71.0 Å². The molecule has 0 heterocycles. The Bertz CT molecular complexity index is 670. The number of hydrogen-bond acceptors (Lipinski definition) is 5. The van der Waals surface area contributed by atoms with Crippen molar-refractivity contribution in [1.29, 1.82) is 0 Å². The summed E-state index contributed by atoms with van der Waals surface area (Å²) in [5.74, 6) is 0.756. The van der Waals surface area contributed by atoms with Crippen molar-refractivity contribution in [2.45, 2.75) is 25.5 Å². The van der Waals surface area contributed by atoms with Crippen LogP contribution in [0.3, 0.4) is 0 Å². The molecule has 28 heavy (non-hydrogen) atoms. The van der Waals surface area contributed by atoms with E-state index >= 15 is 0 Å². The van der Waals surface area contributed by atoms with Crippen LogP contribution in [0.5, 0.6) is 5.75 Å². The fourth-order valence-electron chi connectivity index (χ4n) is 2.79. The molecule has 7 heteroatoms. The van der Waals surface area contributed by atoms with Gasteiger partial charge in [-0.2, -0.15) is 0 Å². The van der Waals surface area contributed by atoms with Crippen molar-refractivity contribution in [3.63, 3.8) is 0 Å². The zero-order valence-electron chi connectivity index (χ0n) is 16.0. The summed E-state index contributed by atoms with van der Waals surface area (Å²) in [6, 6.07) is 15.7. The van der Waals surface area contributed by atoms with E-state index in [1.165, 1.54) is 5.56 Å². The van der Waals surface area contributed by atoms with Crippen LogP contribution in [0.15, 0.2) is 48.5 Å². The summed E-state index contributed by atoms with van der Waals surface area (Å²) in [7, 11) is 0. The highest BCUT2D eigenvalue weighted by atomic mass is 35.5. The first-order valence-corrected chi connectivity index (χ1v) is 9.54. The third-order valence-electron chi connectivity index (χ3n) is 4.11. The van der Waals surface area contributed by atoms with Gasteiger partial charge in [0.2, 0.25) is 0 Å². The molecule has 0 radical (unpaired) electrons. The van der Waals surface area contributed by atoms with E-state index in [0.717, 1.165) is 17.7 Å². The standard InChI is InChI=1S/C21H28ClNO4.ClH/c1-16(13-17-5-7-20(8-6-17)26-11-9-24)23-15-21(27-12-10-25)18-3-2-4-19(22)14-18;/h2-8,14,16,21,23-25H,9-13,15H2,1H3;1H. The van der Waals surface area contributed by atoms with Gasteiger partial charge in [0.1, 0.15) is 12.4 Å². The molecule has 0 saturated heterocycles. The molecule has 0 fully saturated rings. The van der Waals surface area contributed by atoms with E-state index < -0.39 is 0 Å². The first kappa shape index (κ1) is 24.7. The summed E-state index contributed by atoms with van der Waals surface area (Å²) in [6.07, 6.45) is 0.690. The van der Waals surface area contributed by atoms with Crippen molar-refractivity contribution in [3.05, 3.63) is 64.7 Å². The fourth-order valence-corrected chi connectivity index (χ4v) is 2.99. The number of hydrogen-bond donors (Lipinski definition) is 3. The van der Waals surface area contributed by atoms with E-state index in [0.29, 0.717) is 18.2 Å². The summed E-state index contributed by atoms with van der Waals surface area (Å²) < 4.78 is 11.2. The van der Waals surface area contributed by atoms with E-state index in [-0.39, 0.29) is 44.4 Å². The largest absolute Gasteiger partial charge is 0.491 e. The molecule has 156 valence electrons. The monoisotopic (exact) mass is 429 g/mol. The lowest BCUT2D eigenvalue weighted by Gasteiger charge is -2.22. The third-order valence-corrected chi connectivity index (χ3v) is 4.34. The molecule has 3 N–H and O–H groups in total. The maximum atomic E-state index is 9.07. The van der Waals surface area contributed by atoms with E-state index in [1.54, 1.807) is 0 Å². The molecule has 2 atom stereocenters. The van der Waals surface area contributed by atoms with Gasteiger partial charge in [0.05, 0.1) is 25.9 Å². The zero-order chi connectivity index (χ0) is 19.5. The fraction of sp³-hybridized carbons (Fsp3) is 0.429. The van der Waals surface area contributed by atoms with Gasteiger partial charge in [-0.05, 0) is 48.7 Å². The van der Waals surface area contributed by atoms with E-state index in [2.05, 4.69) is 12.2 Å². The first-order valence-electron chi connectivity index (χ1n) is 9.16. The van der Waals surface area contributed by atoms with Crippen molar-refractivity contribution in [2.75, 3.05) is 33.0 Å². The normalized spacial score (nSPS) is 12.9. The van der Waals surface area contributed by atoms with Crippen LogP contribution >= 0.6 is 24.0 Å². The molecular formula is C21H29Cl2NO4. The lowest BCUT2D eigenvalue weighted by Crippen LogP contribution is -2.33. The molecule has 0 aromatic heterocycles. The molecular weight excluding hydrogens is 401 g/mol. The molecule has 0 aliphatic carbocycles. The van der Waals surface area contributed by atoms with Crippen LogP contribution in [0.4, 0.5) is 0 Å². The number of aliphatic hydroxyl groups excluding tert-OH is 2. The number of nitrogens with one attached hydrogen (secondary N) is 1. The molecule has 2 aromatic rings. The van der Waals surface area contributed by atoms with Crippen LogP contribution in [0.25, 0.3) is 0 Å². The summed E-state index contributed by atoms with van der Waals surface area (Å²) in [6.45, 7) is 3.32. The Morgan fingerprint density at radius 1 is 1.04 bits per heavy atom. The predicted molar refractivity (Wildman–Crippen MR) is 115 cm³/mol. The average molecular weight is 430 g/mol. The molecule has 0 bridgehead atoms. The van der Waals surface area contributed by atoms with Crippen LogP contribution in [-0.4, -0.2) is 49.2 Å². The lowest BCUT2D eigenvalue weighted by molar-refractivity contribution is 0.0269. The molecule has 0 spiro atoms. The Morgan fingerprint density at radius 2 is 1.75 bits per heavy atom. The predicted octanol–water partition coefficient (Wildman–Crippen LogP) is 3.40. The Balaban J connectivity index is 0.00000392. The summed E-state index contributed by atoms with van der Waals surface area (Å²) in [4.78, 5) is 0. The minimum Gasteiger partial charge on any atom is -0.491 e. The van der Waals surface area contributed by atoms with Gasteiger partial charge < -0.3 is 25.0 Å². The second-order valence-electron chi connectivity index (χ2n) is 6.37. The maximum Gasteiger partial charge on any atom is 0.119 e. The van der Waals surface area contributed by atoms with Gasteiger partial charge in [0.25, 0.3) is 0 Å². The highest BCUT2D eigenvalue weighted by Gasteiger charge is 2.14. The Hall–Kier alpha value is -1.34. The number of rotatable bonds is 12. The number of benzene rings is 2. The quantitative estimate of drug-likeness (QED) is 0.482. The average Bonchev–Trinajstić information content (AvgIpc) is 2.67. The molecule has 0 aliphatic heterocycles. The summed E-state index contributed by atoms with van der Waals surface area (Å²) in [5, 5.41) is 22.0. The smallest absolute Gasteiger partial charge is 0.119 e. The Kier molecular flexibility index (Phi) is 12.1. The van der Waals surface area contributed by atoms with Crippen LogP contribution in [0.1, 0.15) is 24.2 Å². The SMILES string of the molecule is CC(Cc1ccc(OCCO)cc1)NCC(OCCO)c1cccc(Cl)c1.Cl. The van der Waals surface area contributed by atoms with Crippen molar-refractivity contribution >= 4 is 24.0 Å². The van der Waals surface area contributed by atoms with Crippen molar-refractivity contribution in [1.82, 2.24) is 5.32 Å². The van der Waals surface area contributed by atoms with Gasteiger partial charge in [-0.3, -0.25) is 0 Å². The highest BCUT2D eigenvalue weighted by molar-refractivity contribution is 6.30. The number of aliphatic hydroxyl groups is 2. The third kappa shape index (κ3) is 8.78.